The zero-order chi connectivity index (χ0) is 12.5. The van der Waals surface area contributed by atoms with E-state index in [9.17, 15) is 13.2 Å². The van der Waals surface area contributed by atoms with E-state index < -0.39 is 9.84 Å². The lowest BCUT2D eigenvalue weighted by molar-refractivity contribution is 0.0988. The third-order valence-corrected chi connectivity index (χ3v) is 3.78. The molecule has 92 valence electrons. The first kappa shape index (κ1) is 12.1. The molecule has 0 aromatic heterocycles. The first-order chi connectivity index (χ1) is 7.96. The Bertz CT molecular complexity index is 549. The highest BCUT2D eigenvalue weighted by molar-refractivity contribution is 7.90. The van der Waals surface area contributed by atoms with Gasteiger partial charge in [-0.2, -0.15) is 0 Å². The van der Waals surface area contributed by atoms with Crippen molar-refractivity contribution in [3.05, 3.63) is 29.3 Å². The first-order valence-corrected chi connectivity index (χ1v) is 7.59. The Kier molecular flexibility index (Phi) is 3.19. The van der Waals surface area contributed by atoms with E-state index in [1.165, 1.54) is 0 Å². The lowest BCUT2D eigenvalue weighted by atomic mass is 10.0. The summed E-state index contributed by atoms with van der Waals surface area (Å²) in [5, 5.41) is 3.22. The van der Waals surface area contributed by atoms with E-state index >= 15 is 0 Å². The van der Waals surface area contributed by atoms with Gasteiger partial charge in [-0.3, -0.25) is 4.79 Å². The van der Waals surface area contributed by atoms with Gasteiger partial charge in [0.25, 0.3) is 0 Å². The van der Waals surface area contributed by atoms with Crippen molar-refractivity contribution in [2.45, 2.75) is 12.8 Å². The van der Waals surface area contributed by atoms with E-state index in [4.69, 9.17) is 0 Å². The van der Waals surface area contributed by atoms with Crippen LogP contribution < -0.4 is 5.32 Å². The SMILES string of the molecule is CS(=O)(=O)CCC(=O)c1ccc2c(c1)CCN2. The van der Waals surface area contributed by atoms with Gasteiger partial charge in [0.15, 0.2) is 5.78 Å². The molecule has 5 heteroatoms. The molecule has 1 aromatic rings. The van der Waals surface area contributed by atoms with Crippen LogP contribution in [0.4, 0.5) is 5.69 Å². The van der Waals surface area contributed by atoms with Crippen molar-refractivity contribution in [1.29, 1.82) is 0 Å². The zero-order valence-corrected chi connectivity index (χ0v) is 10.5. The fraction of sp³-hybridized carbons (Fsp3) is 0.417. The fourth-order valence-electron chi connectivity index (χ4n) is 1.90. The molecule has 0 fully saturated rings. The highest BCUT2D eigenvalue weighted by Crippen LogP contribution is 2.23. The van der Waals surface area contributed by atoms with E-state index in [1.807, 2.05) is 12.1 Å². The Morgan fingerprint density at radius 1 is 1.41 bits per heavy atom. The number of Topliss-reactive ketones (excluding diaryl/α,β-unsaturated/α-hetero) is 1. The van der Waals surface area contributed by atoms with Crippen LogP contribution in [-0.4, -0.2) is 32.8 Å². The fourth-order valence-corrected chi connectivity index (χ4v) is 2.46. The maximum Gasteiger partial charge on any atom is 0.163 e. The van der Waals surface area contributed by atoms with Crippen molar-refractivity contribution in [2.75, 3.05) is 23.9 Å². The molecule has 2 rings (SSSR count). The second-order valence-corrected chi connectivity index (χ2v) is 6.61. The van der Waals surface area contributed by atoms with Crippen molar-refractivity contribution in [1.82, 2.24) is 0 Å². The number of sulfone groups is 1. The third kappa shape index (κ3) is 3.06. The van der Waals surface area contributed by atoms with Gasteiger partial charge in [-0.25, -0.2) is 8.42 Å². The van der Waals surface area contributed by atoms with Crippen molar-refractivity contribution in [2.24, 2.45) is 0 Å². The number of carbonyl (C=O) groups excluding carboxylic acids is 1. The summed E-state index contributed by atoms with van der Waals surface area (Å²) in [6, 6.07) is 5.50. The van der Waals surface area contributed by atoms with Crippen LogP contribution in [0.15, 0.2) is 18.2 Å². The molecule has 1 N–H and O–H groups in total. The predicted octanol–water partition coefficient (Wildman–Crippen LogP) is 1.27. The topological polar surface area (TPSA) is 63.2 Å². The summed E-state index contributed by atoms with van der Waals surface area (Å²) in [6.07, 6.45) is 2.13. The maximum absolute atomic E-state index is 11.8. The summed E-state index contributed by atoms with van der Waals surface area (Å²) < 4.78 is 22.0. The van der Waals surface area contributed by atoms with Crippen LogP contribution in [0.2, 0.25) is 0 Å². The van der Waals surface area contributed by atoms with Crippen LogP contribution in [0.5, 0.6) is 0 Å². The van der Waals surface area contributed by atoms with Crippen molar-refractivity contribution < 1.29 is 13.2 Å². The van der Waals surface area contributed by atoms with E-state index in [0.717, 1.165) is 30.5 Å². The Morgan fingerprint density at radius 2 is 2.18 bits per heavy atom. The Morgan fingerprint density at radius 3 is 2.88 bits per heavy atom. The third-order valence-electron chi connectivity index (χ3n) is 2.84. The van der Waals surface area contributed by atoms with Gasteiger partial charge in [0.1, 0.15) is 9.84 Å². The van der Waals surface area contributed by atoms with Gasteiger partial charge in [-0.05, 0) is 30.2 Å². The number of hydrogen-bond acceptors (Lipinski definition) is 4. The predicted molar refractivity (Wildman–Crippen MR) is 67.3 cm³/mol. The summed E-state index contributed by atoms with van der Waals surface area (Å²) in [5.41, 5.74) is 2.82. The molecule has 1 heterocycles. The Balaban J connectivity index is 2.10. The number of carbonyl (C=O) groups is 1. The van der Waals surface area contributed by atoms with Gasteiger partial charge < -0.3 is 5.32 Å². The number of fused-ring (bicyclic) bond motifs is 1. The highest BCUT2D eigenvalue weighted by atomic mass is 32.2. The molecular formula is C12H15NO3S. The number of nitrogens with one attached hydrogen (secondary N) is 1. The van der Waals surface area contributed by atoms with Crippen LogP contribution >= 0.6 is 0 Å². The minimum Gasteiger partial charge on any atom is -0.384 e. The van der Waals surface area contributed by atoms with E-state index in [2.05, 4.69) is 5.32 Å². The standard InChI is InChI=1S/C12H15NO3S/c1-17(15,16)7-5-12(14)10-2-3-11-9(8-10)4-6-13-11/h2-3,8,13H,4-7H2,1H3. The molecule has 1 aliphatic heterocycles. The summed E-state index contributed by atoms with van der Waals surface area (Å²) in [7, 11) is -3.07. The molecule has 0 unspecified atom stereocenters. The van der Waals surface area contributed by atoms with E-state index in [1.54, 1.807) is 6.07 Å². The van der Waals surface area contributed by atoms with E-state index in [0.29, 0.717) is 5.56 Å². The van der Waals surface area contributed by atoms with Gasteiger partial charge >= 0.3 is 0 Å². The van der Waals surface area contributed by atoms with Crippen LogP contribution in [0.1, 0.15) is 22.3 Å². The van der Waals surface area contributed by atoms with Crippen molar-refractivity contribution >= 4 is 21.3 Å². The van der Waals surface area contributed by atoms with E-state index in [-0.39, 0.29) is 18.0 Å². The van der Waals surface area contributed by atoms with Crippen molar-refractivity contribution in [3.8, 4) is 0 Å². The van der Waals surface area contributed by atoms with Gasteiger partial charge in [0.05, 0.1) is 5.75 Å². The smallest absolute Gasteiger partial charge is 0.163 e. The lowest BCUT2D eigenvalue weighted by Crippen LogP contribution is -2.09. The second-order valence-electron chi connectivity index (χ2n) is 4.35. The molecule has 0 amide bonds. The Labute approximate surface area is 101 Å². The molecule has 0 atom stereocenters. The average Bonchev–Trinajstić information content (AvgIpc) is 2.71. The summed E-state index contributed by atoms with van der Waals surface area (Å²) in [6.45, 7) is 0.899. The molecular weight excluding hydrogens is 238 g/mol. The van der Waals surface area contributed by atoms with Gasteiger partial charge in [0, 0.05) is 30.5 Å². The molecule has 4 nitrogen and oxygen atoms in total. The van der Waals surface area contributed by atoms with Crippen LogP contribution in [0.25, 0.3) is 0 Å². The summed E-state index contributed by atoms with van der Waals surface area (Å²) >= 11 is 0. The number of anilines is 1. The molecule has 0 bridgehead atoms. The zero-order valence-electron chi connectivity index (χ0n) is 9.69. The van der Waals surface area contributed by atoms with Gasteiger partial charge in [-0.1, -0.05) is 0 Å². The van der Waals surface area contributed by atoms with Gasteiger partial charge in [0.2, 0.25) is 0 Å². The van der Waals surface area contributed by atoms with Gasteiger partial charge in [-0.15, -0.1) is 0 Å². The van der Waals surface area contributed by atoms with Crippen LogP contribution in [0, 0.1) is 0 Å². The molecule has 0 aliphatic carbocycles. The largest absolute Gasteiger partial charge is 0.384 e. The number of benzene rings is 1. The molecule has 17 heavy (non-hydrogen) atoms. The number of hydrogen-bond donors (Lipinski definition) is 1. The average molecular weight is 253 g/mol. The lowest BCUT2D eigenvalue weighted by Gasteiger charge is -2.03. The minimum atomic E-state index is -3.07. The monoisotopic (exact) mass is 253 g/mol. The molecule has 0 saturated heterocycles. The highest BCUT2D eigenvalue weighted by Gasteiger charge is 2.14. The Hall–Kier alpha value is -1.36. The first-order valence-electron chi connectivity index (χ1n) is 5.53. The normalized spacial score (nSPS) is 14.2. The maximum atomic E-state index is 11.8. The molecule has 1 aromatic carbocycles. The van der Waals surface area contributed by atoms with Crippen molar-refractivity contribution in [3.63, 3.8) is 0 Å². The molecule has 1 aliphatic rings. The quantitative estimate of drug-likeness (QED) is 0.821. The molecule has 0 spiro atoms. The molecule has 0 saturated carbocycles. The second kappa shape index (κ2) is 4.49. The van der Waals surface area contributed by atoms with Crippen LogP contribution in [-0.2, 0) is 16.3 Å². The summed E-state index contributed by atoms with van der Waals surface area (Å²) in [4.78, 5) is 11.8. The summed E-state index contributed by atoms with van der Waals surface area (Å²) in [5.74, 6) is -0.189. The van der Waals surface area contributed by atoms with Crippen LogP contribution in [0.3, 0.4) is 0 Å². The number of ketones is 1. The number of rotatable bonds is 4. The minimum absolute atomic E-state index is 0.0606. The molecule has 0 radical (unpaired) electrons.